The van der Waals surface area contributed by atoms with Gasteiger partial charge in [-0.1, -0.05) is 165 Å². The Morgan fingerprint density at radius 2 is 0.542 bits per heavy atom. The molecular weight excluding hydrogens is 1180 g/mol. The summed E-state index contributed by atoms with van der Waals surface area (Å²) in [6.07, 6.45) is 12.2. The molecule has 0 N–H and O–H groups in total. The molecule has 0 bridgehead atoms. The van der Waals surface area contributed by atoms with E-state index in [0.717, 1.165) is 47.3 Å². The Balaban J connectivity index is 0.947. The monoisotopic (exact) mass is 1280 g/mol. The zero-order valence-electron chi connectivity index (χ0n) is 57.8. The SMILES string of the molecule is COCCOCCOCCOc1ccc(-c2cc3c4cccc5c6cc(CC[C@@H](C)CCCC(C)C)cc7c8cc(CC[C@@H](C)CCCC(C)C)cc9c%10cccc%11c%12cc(-c%13ccc(OCCOCCOCCOC)cc%13)cc%13c(c2)c3c2c(c54)c(c67)c(c98)c(c%10%11)c2c%12%13)cc1. The molecule has 0 spiro atoms. The number of hydrogen-bond acceptors (Lipinski definition) is 8. The number of aryl methyl sites for hydroxylation is 2. The lowest BCUT2D eigenvalue weighted by Crippen LogP contribution is -2.12. The standard InChI is InChI=1S/C88H94O8/c1-53(2)13-9-15-55(5)21-23-57-45-69-65-17-11-19-67-73-49-61(59-25-29-63(30-26-59)95-43-41-93-39-37-91-35-33-89-7)51-75-76-52-62(60-27-31-64(32-28-60)96-44-42-94-40-38-92-36-34-90-8)50-74-68-20-12-18-66-70-46-58(24-22-56(6)16-10-14-54(3)4)48-72-71(47-57)79(69)85-83(77(65)67)87(81(73)75)88(82(74)76)84(78(66)68)86(85)80(70)72/h11-12,17-20,25-32,45-56H,9-10,13-16,21-24,33-44H2,1-8H3/t55-,56-/m0/s1. The van der Waals surface area contributed by atoms with Gasteiger partial charge in [0.15, 0.2) is 0 Å². The first-order valence-corrected chi connectivity index (χ1v) is 36.1. The van der Waals surface area contributed by atoms with E-state index in [1.807, 2.05) is 0 Å². The van der Waals surface area contributed by atoms with E-state index in [1.165, 1.54) is 203 Å². The van der Waals surface area contributed by atoms with E-state index in [0.29, 0.717) is 91.1 Å². The van der Waals surface area contributed by atoms with E-state index in [9.17, 15) is 0 Å². The summed E-state index contributed by atoms with van der Waals surface area (Å²) in [4.78, 5) is 0. The number of fused-ring (bicyclic) bond motifs is 6. The third kappa shape index (κ3) is 12.1. The van der Waals surface area contributed by atoms with Crippen LogP contribution in [0.3, 0.4) is 0 Å². The second-order valence-electron chi connectivity index (χ2n) is 28.8. The summed E-state index contributed by atoms with van der Waals surface area (Å²) < 4.78 is 45.7. The van der Waals surface area contributed by atoms with E-state index in [4.69, 9.17) is 37.9 Å². The molecule has 0 aliphatic rings. The molecule has 0 saturated carbocycles. The molecule has 0 heterocycles. The molecule has 96 heavy (non-hydrogen) atoms. The van der Waals surface area contributed by atoms with Crippen molar-refractivity contribution >= 4 is 129 Å². The number of ether oxygens (including phenoxy) is 8. The van der Waals surface area contributed by atoms with Crippen LogP contribution in [0.5, 0.6) is 11.5 Å². The fraction of sp³-hybridized carbons (Fsp3) is 0.386. The predicted molar refractivity (Wildman–Crippen MR) is 405 cm³/mol. The molecule has 0 unspecified atom stereocenters. The van der Waals surface area contributed by atoms with Crippen LogP contribution in [0.2, 0.25) is 0 Å². The lowest BCUT2D eigenvalue weighted by atomic mass is 9.72. The first-order valence-electron chi connectivity index (χ1n) is 36.1. The molecule has 0 aliphatic carbocycles. The summed E-state index contributed by atoms with van der Waals surface area (Å²) in [6, 6.07) is 52.6. The summed E-state index contributed by atoms with van der Waals surface area (Å²) in [5.74, 6) is 4.43. The molecule has 0 fully saturated rings. The van der Waals surface area contributed by atoms with Gasteiger partial charge in [-0.25, -0.2) is 0 Å². The molecule has 15 rings (SSSR count). The van der Waals surface area contributed by atoms with E-state index in [1.54, 1.807) is 14.2 Å². The van der Waals surface area contributed by atoms with Crippen LogP contribution in [0.25, 0.3) is 152 Å². The van der Waals surface area contributed by atoms with Crippen LogP contribution in [-0.2, 0) is 41.3 Å². The Morgan fingerprint density at radius 1 is 0.260 bits per heavy atom. The largest absolute Gasteiger partial charge is 0.491 e. The quantitative estimate of drug-likeness (QED) is 0.0218. The van der Waals surface area contributed by atoms with E-state index < -0.39 is 0 Å². The number of hydrogen-bond donors (Lipinski definition) is 0. The molecular formula is C88H94O8. The fourth-order valence-electron chi connectivity index (χ4n) is 16.6. The highest BCUT2D eigenvalue weighted by Crippen LogP contribution is 2.61. The lowest BCUT2D eigenvalue weighted by molar-refractivity contribution is 0.0180. The minimum absolute atomic E-state index is 0.450. The van der Waals surface area contributed by atoms with Gasteiger partial charge in [0.05, 0.1) is 66.1 Å². The average molecular weight is 1280 g/mol. The van der Waals surface area contributed by atoms with E-state index >= 15 is 0 Å². The second kappa shape index (κ2) is 28.1. The van der Waals surface area contributed by atoms with Crippen LogP contribution < -0.4 is 9.47 Å². The Hall–Kier alpha value is -7.66. The zero-order valence-corrected chi connectivity index (χ0v) is 57.8. The number of methoxy groups -OCH3 is 2. The number of rotatable bonds is 36. The summed E-state index contributed by atoms with van der Waals surface area (Å²) in [6.45, 7) is 20.7. The average Bonchev–Trinajstić information content (AvgIpc) is 0.644. The van der Waals surface area contributed by atoms with Gasteiger partial charge in [0.1, 0.15) is 24.7 Å². The smallest absolute Gasteiger partial charge is 0.119 e. The highest BCUT2D eigenvalue weighted by atomic mass is 16.6. The highest BCUT2D eigenvalue weighted by molar-refractivity contribution is 6.61. The summed E-state index contributed by atoms with van der Waals surface area (Å²) in [5, 5.41) is 33.1. The predicted octanol–water partition coefficient (Wildman–Crippen LogP) is 22.4. The van der Waals surface area contributed by atoms with Crippen LogP contribution in [0.1, 0.15) is 104 Å². The van der Waals surface area contributed by atoms with Gasteiger partial charge in [0, 0.05) is 14.2 Å². The van der Waals surface area contributed by atoms with Crippen molar-refractivity contribution in [3.8, 4) is 33.8 Å². The summed E-state index contributed by atoms with van der Waals surface area (Å²) in [7, 11) is 3.37. The third-order valence-electron chi connectivity index (χ3n) is 21.3. The molecule has 494 valence electrons. The zero-order chi connectivity index (χ0) is 65.6. The van der Waals surface area contributed by atoms with Crippen LogP contribution in [0.4, 0.5) is 0 Å². The van der Waals surface area contributed by atoms with Crippen LogP contribution >= 0.6 is 0 Å². The van der Waals surface area contributed by atoms with Gasteiger partial charge in [-0.15, -0.1) is 0 Å². The summed E-state index contributed by atoms with van der Waals surface area (Å²) >= 11 is 0. The number of benzene rings is 15. The van der Waals surface area contributed by atoms with Gasteiger partial charge in [0.25, 0.3) is 0 Å². The van der Waals surface area contributed by atoms with Crippen molar-refractivity contribution in [2.24, 2.45) is 23.7 Å². The van der Waals surface area contributed by atoms with Gasteiger partial charge in [-0.2, -0.15) is 0 Å². The van der Waals surface area contributed by atoms with Crippen LogP contribution in [0, 0.1) is 23.7 Å². The topological polar surface area (TPSA) is 73.8 Å². The molecule has 0 aromatic heterocycles. The minimum atomic E-state index is 0.450. The van der Waals surface area contributed by atoms with Crippen molar-refractivity contribution in [1.29, 1.82) is 0 Å². The normalized spacial score (nSPS) is 13.4. The van der Waals surface area contributed by atoms with E-state index in [2.05, 4.69) is 175 Å². The van der Waals surface area contributed by atoms with E-state index in [-0.39, 0.29) is 0 Å². The molecule has 0 radical (unpaired) electrons. The Kier molecular flexibility index (Phi) is 18.8. The van der Waals surface area contributed by atoms with Crippen molar-refractivity contribution < 1.29 is 37.9 Å². The maximum absolute atomic E-state index is 6.29. The third-order valence-corrected chi connectivity index (χ3v) is 21.3. The Morgan fingerprint density at radius 3 is 0.865 bits per heavy atom. The molecule has 8 nitrogen and oxygen atoms in total. The maximum Gasteiger partial charge on any atom is 0.119 e. The molecule has 15 aromatic rings. The Labute approximate surface area is 565 Å². The molecule has 2 atom stereocenters. The molecule has 0 saturated heterocycles. The van der Waals surface area contributed by atoms with Crippen LogP contribution in [-0.4, -0.2) is 93.5 Å². The fourth-order valence-corrected chi connectivity index (χ4v) is 16.6. The van der Waals surface area contributed by atoms with Crippen molar-refractivity contribution in [3.05, 3.63) is 145 Å². The second-order valence-corrected chi connectivity index (χ2v) is 28.8. The molecule has 0 aliphatic heterocycles. The highest BCUT2D eigenvalue weighted by Gasteiger charge is 2.33. The molecule has 8 heteroatoms. The maximum atomic E-state index is 6.29. The molecule has 15 aromatic carbocycles. The van der Waals surface area contributed by atoms with Crippen molar-refractivity contribution in [2.45, 2.75) is 106 Å². The van der Waals surface area contributed by atoms with Crippen molar-refractivity contribution in [1.82, 2.24) is 0 Å². The van der Waals surface area contributed by atoms with Gasteiger partial charge >= 0.3 is 0 Å². The first kappa shape index (κ1) is 64.3. The van der Waals surface area contributed by atoms with Crippen LogP contribution in [0.15, 0.2) is 133 Å². The van der Waals surface area contributed by atoms with Gasteiger partial charge in [-0.3, -0.25) is 0 Å². The van der Waals surface area contributed by atoms with Crippen molar-refractivity contribution in [2.75, 3.05) is 93.5 Å². The Bertz CT molecular complexity index is 4770. The van der Waals surface area contributed by atoms with Gasteiger partial charge in [-0.05, 0) is 261 Å². The van der Waals surface area contributed by atoms with Gasteiger partial charge in [0.2, 0.25) is 0 Å². The minimum Gasteiger partial charge on any atom is -0.491 e. The summed E-state index contributed by atoms with van der Waals surface area (Å²) in [5.41, 5.74) is 7.57. The van der Waals surface area contributed by atoms with Crippen molar-refractivity contribution in [3.63, 3.8) is 0 Å². The first-order chi connectivity index (χ1) is 47.1. The lowest BCUT2D eigenvalue weighted by Gasteiger charge is -2.30. The molecule has 0 amide bonds. The van der Waals surface area contributed by atoms with Gasteiger partial charge < -0.3 is 37.9 Å².